The summed E-state index contributed by atoms with van der Waals surface area (Å²) in [6.45, 7) is 2.43. The average molecular weight is 466 g/mol. The Hall–Kier alpha value is -0.0400. The van der Waals surface area contributed by atoms with Gasteiger partial charge in [-0.25, -0.2) is 5.11 Å². The van der Waals surface area contributed by atoms with Crippen molar-refractivity contribution >= 4 is 0 Å². The van der Waals surface area contributed by atoms with Crippen LogP contribution in [-0.4, -0.2) is 6.61 Å². The van der Waals surface area contributed by atoms with Gasteiger partial charge in [0.1, 0.15) is 0 Å². The minimum Gasteiger partial charge on any atom is -0.237 e. The number of hydrogen-bond acceptors (Lipinski definition) is 0. The van der Waals surface area contributed by atoms with Gasteiger partial charge in [-0.3, -0.25) is 0 Å². The molecule has 0 aromatic rings. The molecular weight excluding hydrogens is 400 g/mol. The Balaban J connectivity index is 2.99. The molecule has 0 aliphatic carbocycles. The molecule has 0 atom stereocenters. The Morgan fingerprint density at radius 3 is 0.545 bits per heavy atom. The molecule has 1 heteroatoms. The van der Waals surface area contributed by atoms with Crippen molar-refractivity contribution in [2.24, 2.45) is 0 Å². The smallest absolute Gasteiger partial charge is 0.0822 e. The first-order chi connectivity index (χ1) is 16.4. The van der Waals surface area contributed by atoms with E-state index < -0.39 is 0 Å². The van der Waals surface area contributed by atoms with Gasteiger partial charge in [0.05, 0.1) is 6.61 Å². The number of unbranched alkanes of at least 4 members (excludes halogenated alkanes) is 29. The molecule has 33 heavy (non-hydrogen) atoms. The standard InChI is InChI=1S/C32H65O/c1-2-3-4-5-6-7-8-9-10-11-12-13-14-15-16-17-18-19-20-21-22-23-24-25-26-27-28-29-30-31-32-33/h2-32H2,1H3. The molecule has 0 spiro atoms. The molecule has 0 saturated heterocycles. The maximum Gasteiger partial charge on any atom is 0.0822 e. The maximum atomic E-state index is 10.4. The molecule has 0 bridgehead atoms. The minimum absolute atomic E-state index is 0.125. The van der Waals surface area contributed by atoms with Gasteiger partial charge in [-0.1, -0.05) is 193 Å². The monoisotopic (exact) mass is 466 g/mol. The molecule has 0 fully saturated rings. The number of rotatable bonds is 30. The van der Waals surface area contributed by atoms with E-state index in [4.69, 9.17) is 0 Å². The van der Waals surface area contributed by atoms with Gasteiger partial charge in [0.15, 0.2) is 0 Å². The zero-order chi connectivity index (χ0) is 23.9. The Morgan fingerprint density at radius 2 is 0.394 bits per heavy atom. The summed E-state index contributed by atoms with van der Waals surface area (Å²) in [7, 11) is 0. The lowest BCUT2D eigenvalue weighted by Crippen LogP contribution is -1.85. The van der Waals surface area contributed by atoms with Gasteiger partial charge < -0.3 is 0 Å². The highest BCUT2D eigenvalue weighted by molar-refractivity contribution is 4.52. The maximum absolute atomic E-state index is 10.4. The topological polar surface area (TPSA) is 19.9 Å². The SMILES string of the molecule is CCCCCCCCCCCCCCCCCCCCCCCCCCCCCCCC[O]. The third-order valence-electron chi connectivity index (χ3n) is 7.50. The van der Waals surface area contributed by atoms with Crippen LogP contribution in [0.15, 0.2) is 0 Å². The molecule has 0 aromatic heterocycles. The quantitative estimate of drug-likeness (QED) is 0.0939. The minimum atomic E-state index is 0.125. The number of hydrogen-bond donors (Lipinski definition) is 0. The van der Waals surface area contributed by atoms with Crippen molar-refractivity contribution in [1.29, 1.82) is 0 Å². The zero-order valence-corrected chi connectivity index (χ0v) is 23.3. The second kappa shape index (κ2) is 32.0. The molecular formula is C32H65O. The Labute approximate surface area is 211 Å². The summed E-state index contributed by atoms with van der Waals surface area (Å²) in [6.07, 6.45) is 42.7. The predicted octanol–water partition coefficient (Wildman–Crippen LogP) is 12.1. The van der Waals surface area contributed by atoms with Gasteiger partial charge in [0, 0.05) is 0 Å². The Bertz CT molecular complexity index is 284. The van der Waals surface area contributed by atoms with E-state index >= 15 is 0 Å². The van der Waals surface area contributed by atoms with Crippen LogP contribution in [0.1, 0.15) is 200 Å². The van der Waals surface area contributed by atoms with Crippen molar-refractivity contribution in [2.75, 3.05) is 6.61 Å². The molecule has 0 heterocycles. The fourth-order valence-corrected chi connectivity index (χ4v) is 5.13. The van der Waals surface area contributed by atoms with E-state index in [0.29, 0.717) is 0 Å². The largest absolute Gasteiger partial charge is 0.237 e. The van der Waals surface area contributed by atoms with Crippen LogP contribution in [0.2, 0.25) is 0 Å². The lowest BCUT2D eigenvalue weighted by Gasteiger charge is -2.04. The van der Waals surface area contributed by atoms with Crippen LogP contribution in [0.25, 0.3) is 0 Å². The van der Waals surface area contributed by atoms with Crippen LogP contribution in [0.4, 0.5) is 0 Å². The first kappa shape index (κ1) is 33.0. The van der Waals surface area contributed by atoms with Crippen molar-refractivity contribution in [3.8, 4) is 0 Å². The lowest BCUT2D eigenvalue weighted by molar-refractivity contribution is 0.186. The van der Waals surface area contributed by atoms with Crippen molar-refractivity contribution < 1.29 is 5.11 Å². The van der Waals surface area contributed by atoms with Crippen LogP contribution in [-0.2, 0) is 5.11 Å². The molecule has 0 saturated carbocycles. The molecule has 0 rings (SSSR count). The fraction of sp³-hybridized carbons (Fsp3) is 1.00. The molecule has 1 nitrogen and oxygen atoms in total. The summed E-state index contributed by atoms with van der Waals surface area (Å²) in [5.41, 5.74) is 0. The second-order valence-corrected chi connectivity index (χ2v) is 11.0. The van der Waals surface area contributed by atoms with E-state index in [9.17, 15) is 5.11 Å². The highest BCUT2D eigenvalue weighted by Gasteiger charge is 1.96. The highest BCUT2D eigenvalue weighted by Crippen LogP contribution is 2.16. The van der Waals surface area contributed by atoms with E-state index in [1.807, 2.05) is 0 Å². The zero-order valence-electron chi connectivity index (χ0n) is 23.3. The summed E-state index contributed by atoms with van der Waals surface area (Å²) in [6, 6.07) is 0. The van der Waals surface area contributed by atoms with Crippen molar-refractivity contribution in [1.82, 2.24) is 0 Å². The Morgan fingerprint density at radius 1 is 0.242 bits per heavy atom. The summed E-state index contributed by atoms with van der Waals surface area (Å²) in [5.74, 6) is 0. The van der Waals surface area contributed by atoms with E-state index in [-0.39, 0.29) is 6.61 Å². The molecule has 0 unspecified atom stereocenters. The average Bonchev–Trinajstić information content (AvgIpc) is 2.83. The lowest BCUT2D eigenvalue weighted by atomic mass is 10.0. The Kier molecular flexibility index (Phi) is 31.9. The molecule has 0 aromatic carbocycles. The molecule has 0 aliphatic heterocycles. The summed E-state index contributed by atoms with van der Waals surface area (Å²) in [5, 5.41) is 10.4. The van der Waals surface area contributed by atoms with Gasteiger partial charge in [0.2, 0.25) is 0 Å². The first-order valence-corrected chi connectivity index (χ1v) is 16.0. The van der Waals surface area contributed by atoms with E-state index in [2.05, 4.69) is 6.92 Å². The third-order valence-corrected chi connectivity index (χ3v) is 7.50. The van der Waals surface area contributed by atoms with Crippen molar-refractivity contribution in [3.63, 3.8) is 0 Å². The van der Waals surface area contributed by atoms with Crippen LogP contribution >= 0.6 is 0 Å². The van der Waals surface area contributed by atoms with E-state index in [1.165, 1.54) is 180 Å². The summed E-state index contributed by atoms with van der Waals surface area (Å²) in [4.78, 5) is 0. The first-order valence-electron chi connectivity index (χ1n) is 16.0. The van der Waals surface area contributed by atoms with Gasteiger partial charge in [-0.05, 0) is 6.42 Å². The molecule has 0 aliphatic rings. The third kappa shape index (κ3) is 32.0. The van der Waals surface area contributed by atoms with Crippen LogP contribution in [0.3, 0.4) is 0 Å². The van der Waals surface area contributed by atoms with Gasteiger partial charge >= 0.3 is 0 Å². The molecule has 0 N–H and O–H groups in total. The van der Waals surface area contributed by atoms with E-state index in [0.717, 1.165) is 12.8 Å². The van der Waals surface area contributed by atoms with Gasteiger partial charge in [-0.15, -0.1) is 0 Å². The normalized spacial score (nSPS) is 11.5. The van der Waals surface area contributed by atoms with Crippen LogP contribution in [0.5, 0.6) is 0 Å². The molecule has 0 amide bonds. The van der Waals surface area contributed by atoms with Gasteiger partial charge in [-0.2, -0.15) is 0 Å². The van der Waals surface area contributed by atoms with Gasteiger partial charge in [0.25, 0.3) is 0 Å². The fourth-order valence-electron chi connectivity index (χ4n) is 5.13. The van der Waals surface area contributed by atoms with E-state index in [1.54, 1.807) is 0 Å². The van der Waals surface area contributed by atoms with Crippen molar-refractivity contribution in [2.45, 2.75) is 200 Å². The predicted molar refractivity (Wildman–Crippen MR) is 150 cm³/mol. The summed E-state index contributed by atoms with van der Waals surface area (Å²) >= 11 is 0. The summed E-state index contributed by atoms with van der Waals surface area (Å²) < 4.78 is 0. The molecule has 199 valence electrons. The molecule has 1 radical (unpaired) electrons. The van der Waals surface area contributed by atoms with Crippen LogP contribution in [0, 0.1) is 0 Å². The van der Waals surface area contributed by atoms with Crippen LogP contribution < -0.4 is 0 Å². The highest BCUT2D eigenvalue weighted by atomic mass is 16.2. The van der Waals surface area contributed by atoms with Crippen molar-refractivity contribution in [3.05, 3.63) is 0 Å². The second-order valence-electron chi connectivity index (χ2n) is 11.0.